The topological polar surface area (TPSA) is 78.9 Å². The molecule has 2 rings (SSSR count). The first-order chi connectivity index (χ1) is 8.66. The van der Waals surface area contributed by atoms with Gasteiger partial charge in [0.1, 0.15) is 11.5 Å². The maximum Gasteiger partial charge on any atom is 0.141 e. The summed E-state index contributed by atoms with van der Waals surface area (Å²) in [5, 5.41) is 7.38. The van der Waals surface area contributed by atoms with Gasteiger partial charge in [-0.2, -0.15) is 0 Å². The van der Waals surface area contributed by atoms with E-state index in [1.54, 1.807) is 18.6 Å². The van der Waals surface area contributed by atoms with Gasteiger partial charge in [-0.1, -0.05) is 0 Å². The van der Waals surface area contributed by atoms with Crippen molar-refractivity contribution in [3.8, 4) is 0 Å². The maximum atomic E-state index is 7.38. The fourth-order valence-electron chi connectivity index (χ4n) is 1.66. The zero-order valence-electron chi connectivity index (χ0n) is 10.2. The van der Waals surface area contributed by atoms with Crippen molar-refractivity contribution in [3.05, 3.63) is 54.1 Å². The largest absolute Gasteiger partial charge is 0.382 e. The van der Waals surface area contributed by atoms with Gasteiger partial charge in [-0.05, 0) is 29.8 Å². The van der Waals surface area contributed by atoms with Gasteiger partial charge in [0.05, 0.1) is 0 Å². The molecule has 0 saturated heterocycles. The van der Waals surface area contributed by atoms with Crippen LogP contribution < -0.4 is 10.6 Å². The predicted octanol–water partition coefficient (Wildman–Crippen LogP) is 1.40. The lowest BCUT2D eigenvalue weighted by molar-refractivity contribution is 0.916. The Bertz CT molecular complexity index is 538. The summed E-state index contributed by atoms with van der Waals surface area (Å²) >= 11 is 0. The number of anilines is 1. The molecule has 5 heteroatoms. The molecule has 5 nitrogen and oxygen atoms in total. The number of nitrogens with two attached hydrogens (primary N) is 1. The van der Waals surface area contributed by atoms with Gasteiger partial charge < -0.3 is 10.6 Å². The lowest BCUT2D eigenvalue weighted by Crippen LogP contribution is -2.18. The first-order valence-corrected chi connectivity index (χ1v) is 5.57. The number of nitrogens with zero attached hydrogens (tertiary/aromatic N) is 3. The highest BCUT2D eigenvalue weighted by molar-refractivity contribution is 5.93. The van der Waals surface area contributed by atoms with Gasteiger partial charge in [-0.15, -0.1) is 0 Å². The Hall–Kier alpha value is -2.43. The molecule has 3 N–H and O–H groups in total. The van der Waals surface area contributed by atoms with E-state index in [1.807, 2.05) is 31.3 Å². The molecule has 0 aliphatic carbocycles. The van der Waals surface area contributed by atoms with Crippen molar-refractivity contribution >= 4 is 11.5 Å². The molecule has 0 saturated carbocycles. The maximum absolute atomic E-state index is 7.38. The Morgan fingerprint density at radius 3 is 2.67 bits per heavy atom. The number of hydrogen-bond donors (Lipinski definition) is 2. The van der Waals surface area contributed by atoms with Crippen LogP contribution in [-0.4, -0.2) is 22.9 Å². The Balaban J connectivity index is 2.16. The minimum absolute atomic E-state index is 0.0193. The van der Waals surface area contributed by atoms with E-state index in [9.17, 15) is 0 Å². The Labute approximate surface area is 106 Å². The van der Waals surface area contributed by atoms with Gasteiger partial charge >= 0.3 is 0 Å². The number of pyridine rings is 2. The quantitative estimate of drug-likeness (QED) is 0.626. The summed E-state index contributed by atoms with van der Waals surface area (Å²) < 4.78 is 0. The van der Waals surface area contributed by atoms with Crippen LogP contribution in [0.25, 0.3) is 0 Å². The van der Waals surface area contributed by atoms with Crippen LogP contribution in [0.15, 0.2) is 42.9 Å². The minimum Gasteiger partial charge on any atom is -0.382 e. The second-order valence-corrected chi connectivity index (χ2v) is 4.02. The molecule has 0 aromatic carbocycles. The molecule has 2 aromatic heterocycles. The average Bonchev–Trinajstić information content (AvgIpc) is 2.40. The van der Waals surface area contributed by atoms with Crippen molar-refractivity contribution in [2.45, 2.75) is 6.54 Å². The molecule has 18 heavy (non-hydrogen) atoms. The summed E-state index contributed by atoms with van der Waals surface area (Å²) in [7, 11) is 1.99. The normalized spacial score (nSPS) is 10.1. The summed E-state index contributed by atoms with van der Waals surface area (Å²) in [5.41, 5.74) is 8.08. The fourth-order valence-corrected chi connectivity index (χ4v) is 1.66. The molecular weight excluding hydrogens is 226 g/mol. The summed E-state index contributed by atoms with van der Waals surface area (Å²) in [6.07, 6.45) is 5.21. The molecule has 0 amide bonds. The summed E-state index contributed by atoms with van der Waals surface area (Å²) in [6.45, 7) is 0.768. The molecule has 0 aliphatic rings. The number of nitrogens with one attached hydrogen (secondary N) is 1. The van der Waals surface area contributed by atoms with E-state index in [1.165, 1.54) is 5.56 Å². The van der Waals surface area contributed by atoms with Gasteiger partial charge in [-0.3, -0.25) is 15.4 Å². The SMILES string of the molecule is CN(Cc1ccncc1)c1ccnc(C(=N)N)c1. The van der Waals surface area contributed by atoms with Gasteiger partial charge in [0.15, 0.2) is 0 Å². The molecule has 0 spiro atoms. The molecule has 92 valence electrons. The van der Waals surface area contributed by atoms with E-state index in [4.69, 9.17) is 11.1 Å². The second-order valence-electron chi connectivity index (χ2n) is 4.02. The van der Waals surface area contributed by atoms with Crippen LogP contribution in [0.3, 0.4) is 0 Å². The second kappa shape index (κ2) is 5.27. The smallest absolute Gasteiger partial charge is 0.141 e. The van der Waals surface area contributed by atoms with Gasteiger partial charge in [-0.25, -0.2) is 0 Å². The van der Waals surface area contributed by atoms with Crippen LogP contribution in [0, 0.1) is 5.41 Å². The highest BCUT2D eigenvalue weighted by atomic mass is 15.1. The van der Waals surface area contributed by atoms with Crippen LogP contribution in [0.2, 0.25) is 0 Å². The molecule has 0 atom stereocenters. The first kappa shape index (κ1) is 12.0. The van der Waals surface area contributed by atoms with Crippen LogP contribution in [0.4, 0.5) is 5.69 Å². The lowest BCUT2D eigenvalue weighted by atomic mass is 10.2. The van der Waals surface area contributed by atoms with E-state index < -0.39 is 0 Å². The highest BCUT2D eigenvalue weighted by Gasteiger charge is 2.05. The Kier molecular flexibility index (Phi) is 3.52. The van der Waals surface area contributed by atoms with Gasteiger partial charge in [0.2, 0.25) is 0 Å². The van der Waals surface area contributed by atoms with Crippen molar-refractivity contribution in [2.75, 3.05) is 11.9 Å². The summed E-state index contributed by atoms with van der Waals surface area (Å²) in [6, 6.07) is 7.66. The molecule has 2 heterocycles. The third-order valence-electron chi connectivity index (χ3n) is 2.63. The van der Waals surface area contributed by atoms with Crippen LogP contribution in [0.5, 0.6) is 0 Å². The van der Waals surface area contributed by atoms with Crippen molar-refractivity contribution in [1.29, 1.82) is 5.41 Å². The van der Waals surface area contributed by atoms with E-state index in [2.05, 4.69) is 14.9 Å². The van der Waals surface area contributed by atoms with E-state index in [0.717, 1.165) is 12.2 Å². The van der Waals surface area contributed by atoms with Crippen molar-refractivity contribution < 1.29 is 0 Å². The molecule has 0 bridgehead atoms. The Morgan fingerprint density at radius 2 is 2.00 bits per heavy atom. The average molecular weight is 241 g/mol. The first-order valence-electron chi connectivity index (χ1n) is 5.57. The van der Waals surface area contributed by atoms with Crippen molar-refractivity contribution in [2.24, 2.45) is 5.73 Å². The van der Waals surface area contributed by atoms with Gasteiger partial charge in [0, 0.05) is 37.9 Å². The monoisotopic (exact) mass is 241 g/mol. The van der Waals surface area contributed by atoms with E-state index in [0.29, 0.717) is 5.69 Å². The number of aromatic nitrogens is 2. The molecule has 2 aromatic rings. The molecule has 0 unspecified atom stereocenters. The minimum atomic E-state index is -0.0193. The van der Waals surface area contributed by atoms with Crippen molar-refractivity contribution in [3.63, 3.8) is 0 Å². The van der Waals surface area contributed by atoms with E-state index in [-0.39, 0.29) is 5.84 Å². The zero-order chi connectivity index (χ0) is 13.0. The Morgan fingerprint density at radius 1 is 1.28 bits per heavy atom. The lowest BCUT2D eigenvalue weighted by Gasteiger charge is -2.19. The predicted molar refractivity (Wildman–Crippen MR) is 71.6 cm³/mol. The number of nitrogen functional groups attached to an aromatic ring is 1. The van der Waals surface area contributed by atoms with Crippen LogP contribution in [-0.2, 0) is 6.54 Å². The summed E-state index contributed by atoms with van der Waals surface area (Å²) in [4.78, 5) is 10.1. The number of hydrogen-bond acceptors (Lipinski definition) is 4. The molecule has 0 fully saturated rings. The van der Waals surface area contributed by atoms with Crippen LogP contribution in [0.1, 0.15) is 11.3 Å². The molecule has 0 radical (unpaired) electrons. The number of rotatable bonds is 4. The molecular formula is C13H15N5. The summed E-state index contributed by atoms with van der Waals surface area (Å²) in [5.74, 6) is -0.0193. The van der Waals surface area contributed by atoms with Gasteiger partial charge in [0.25, 0.3) is 0 Å². The van der Waals surface area contributed by atoms with E-state index >= 15 is 0 Å². The fraction of sp³-hybridized carbons (Fsp3) is 0.154. The van der Waals surface area contributed by atoms with Crippen molar-refractivity contribution in [1.82, 2.24) is 9.97 Å². The third kappa shape index (κ3) is 2.82. The van der Waals surface area contributed by atoms with Crippen LogP contribution >= 0.6 is 0 Å². The standard InChI is InChI=1S/C13H15N5/c1-18(9-10-2-5-16-6-3-10)11-4-7-17-12(8-11)13(14)15/h2-8H,9H2,1H3,(H3,14,15). The zero-order valence-corrected chi connectivity index (χ0v) is 10.2. The molecule has 0 aliphatic heterocycles. The highest BCUT2D eigenvalue weighted by Crippen LogP contribution is 2.15. The number of amidine groups is 1. The third-order valence-corrected chi connectivity index (χ3v) is 2.63.